The predicted molar refractivity (Wildman–Crippen MR) is 90.2 cm³/mol. The maximum Gasteiger partial charge on any atom is 0.241 e. The fraction of sp³-hybridized carbons (Fsp3) is 0.625. The van der Waals surface area contributed by atoms with Crippen molar-refractivity contribution >= 4 is 11.3 Å². The van der Waals surface area contributed by atoms with E-state index in [4.69, 9.17) is 4.52 Å². The molecule has 1 saturated heterocycles. The highest BCUT2D eigenvalue weighted by molar-refractivity contribution is 7.08. The third kappa shape index (κ3) is 4.17. The summed E-state index contributed by atoms with van der Waals surface area (Å²) < 4.78 is 5.40. The van der Waals surface area contributed by atoms with Crippen molar-refractivity contribution in [3.8, 4) is 11.4 Å². The summed E-state index contributed by atoms with van der Waals surface area (Å²) in [5, 5.41) is 17.7. The normalized spacial score (nSPS) is 21.6. The average Bonchev–Trinajstić information content (AvgIpc) is 3.19. The molecule has 126 valence electrons. The second-order valence-corrected chi connectivity index (χ2v) is 6.94. The Hall–Kier alpha value is -1.28. The minimum absolute atomic E-state index is 0.278. The van der Waals surface area contributed by atoms with E-state index in [1.165, 1.54) is 0 Å². The molecule has 0 saturated carbocycles. The van der Waals surface area contributed by atoms with E-state index in [9.17, 15) is 5.11 Å². The van der Waals surface area contributed by atoms with Gasteiger partial charge in [-0.1, -0.05) is 12.1 Å². The highest BCUT2D eigenvalue weighted by Gasteiger charge is 2.27. The van der Waals surface area contributed by atoms with Crippen molar-refractivity contribution in [3.05, 3.63) is 22.7 Å². The van der Waals surface area contributed by atoms with Crippen molar-refractivity contribution < 1.29 is 9.63 Å². The van der Waals surface area contributed by atoms with Crippen LogP contribution < -0.4 is 0 Å². The van der Waals surface area contributed by atoms with Gasteiger partial charge >= 0.3 is 0 Å². The number of aliphatic hydroxyl groups excluding tert-OH is 1. The molecule has 3 heterocycles. The average molecular weight is 336 g/mol. The van der Waals surface area contributed by atoms with Gasteiger partial charge in [-0.05, 0) is 24.8 Å². The van der Waals surface area contributed by atoms with Gasteiger partial charge in [0.15, 0.2) is 0 Å². The van der Waals surface area contributed by atoms with Gasteiger partial charge in [-0.25, -0.2) is 0 Å². The van der Waals surface area contributed by atoms with E-state index in [1.807, 2.05) is 23.8 Å². The van der Waals surface area contributed by atoms with Crippen molar-refractivity contribution in [3.63, 3.8) is 0 Å². The molecule has 1 N–H and O–H groups in total. The first-order valence-electron chi connectivity index (χ1n) is 8.15. The number of β-amino-alcohol motifs (C(OH)–C–C–N with tert-alkyl or cyclic N) is 1. The Morgan fingerprint density at radius 1 is 1.48 bits per heavy atom. The molecule has 0 bridgehead atoms. The number of piperazine rings is 1. The van der Waals surface area contributed by atoms with Gasteiger partial charge in [-0.15, -0.1) is 0 Å². The molecule has 1 fully saturated rings. The van der Waals surface area contributed by atoms with Crippen LogP contribution in [0.1, 0.15) is 26.2 Å². The Bertz CT molecular complexity index is 599. The lowest BCUT2D eigenvalue weighted by Crippen LogP contribution is -2.54. The molecule has 0 radical (unpaired) electrons. The number of nitrogens with zero attached hydrogens (tertiary/aromatic N) is 4. The second kappa shape index (κ2) is 7.53. The summed E-state index contributed by atoms with van der Waals surface area (Å²) >= 11 is 1.63. The molecule has 1 aliphatic heterocycles. The molecule has 2 aromatic rings. The molecule has 3 rings (SSSR count). The van der Waals surface area contributed by atoms with Gasteiger partial charge < -0.3 is 9.63 Å². The van der Waals surface area contributed by atoms with Crippen LogP contribution in [0.25, 0.3) is 11.4 Å². The molecule has 0 amide bonds. The predicted octanol–water partition coefficient (Wildman–Crippen LogP) is 2.08. The summed E-state index contributed by atoms with van der Waals surface area (Å²) in [5.41, 5.74) is 1.01. The molecule has 1 aliphatic rings. The Morgan fingerprint density at radius 2 is 2.35 bits per heavy atom. The van der Waals surface area contributed by atoms with Crippen LogP contribution >= 0.6 is 11.3 Å². The molecule has 0 aliphatic carbocycles. The zero-order valence-electron chi connectivity index (χ0n) is 13.7. The van der Waals surface area contributed by atoms with Crippen LogP contribution in [0.4, 0.5) is 0 Å². The molecule has 2 aromatic heterocycles. The van der Waals surface area contributed by atoms with E-state index in [0.29, 0.717) is 24.3 Å². The van der Waals surface area contributed by atoms with Crippen LogP contribution in [0.2, 0.25) is 0 Å². The van der Waals surface area contributed by atoms with Gasteiger partial charge in [0.2, 0.25) is 11.7 Å². The fourth-order valence-corrected chi connectivity index (χ4v) is 3.72. The van der Waals surface area contributed by atoms with E-state index in [2.05, 4.69) is 26.9 Å². The highest BCUT2D eigenvalue weighted by atomic mass is 32.1. The number of aromatic nitrogens is 2. The lowest BCUT2D eigenvalue weighted by atomic mass is 10.1. The maximum absolute atomic E-state index is 9.62. The smallest absolute Gasteiger partial charge is 0.241 e. The lowest BCUT2D eigenvalue weighted by molar-refractivity contribution is 0.0302. The third-order valence-corrected chi connectivity index (χ3v) is 4.95. The van der Waals surface area contributed by atoms with Crippen molar-refractivity contribution in [2.75, 3.05) is 26.2 Å². The molecule has 23 heavy (non-hydrogen) atoms. The van der Waals surface area contributed by atoms with E-state index in [-0.39, 0.29) is 6.10 Å². The van der Waals surface area contributed by atoms with E-state index in [1.54, 1.807) is 11.3 Å². The first kappa shape index (κ1) is 16.6. The van der Waals surface area contributed by atoms with Crippen LogP contribution in [0.15, 0.2) is 21.3 Å². The molecular formula is C16H24N4O2S. The van der Waals surface area contributed by atoms with Gasteiger partial charge in [0.25, 0.3) is 0 Å². The monoisotopic (exact) mass is 336 g/mol. The topological polar surface area (TPSA) is 65.6 Å². The molecule has 7 heteroatoms. The van der Waals surface area contributed by atoms with Gasteiger partial charge in [0.1, 0.15) is 0 Å². The van der Waals surface area contributed by atoms with Crippen LogP contribution in [0, 0.1) is 0 Å². The van der Waals surface area contributed by atoms with E-state index < -0.39 is 0 Å². The van der Waals surface area contributed by atoms with Crippen molar-refractivity contribution in [2.45, 2.75) is 39.0 Å². The van der Waals surface area contributed by atoms with Crippen LogP contribution in [-0.2, 0) is 6.54 Å². The molecule has 0 spiro atoms. The summed E-state index contributed by atoms with van der Waals surface area (Å²) in [6.45, 7) is 8.38. The van der Waals surface area contributed by atoms with Crippen LogP contribution in [0.3, 0.4) is 0 Å². The first-order chi connectivity index (χ1) is 11.2. The Labute approximate surface area is 140 Å². The lowest BCUT2D eigenvalue weighted by Gasteiger charge is -2.41. The third-order valence-electron chi connectivity index (χ3n) is 4.27. The van der Waals surface area contributed by atoms with Gasteiger partial charge in [0.05, 0.1) is 12.6 Å². The first-order valence-corrected chi connectivity index (χ1v) is 9.09. The highest BCUT2D eigenvalue weighted by Crippen LogP contribution is 2.20. The standard InChI is InChI=1S/C16H24N4O2S/c1-3-14-9-19(5-6-20(14)8-12(2)21)10-15-17-16(18-22-15)13-4-7-23-11-13/h4,7,11-12,14,21H,3,5-6,8-10H2,1-2H3/t12-,14-/m0/s1. The van der Waals surface area contributed by atoms with Gasteiger partial charge in [-0.3, -0.25) is 9.80 Å². The number of rotatable bonds is 6. The largest absolute Gasteiger partial charge is 0.392 e. The van der Waals surface area contributed by atoms with E-state index >= 15 is 0 Å². The van der Waals surface area contributed by atoms with Crippen LogP contribution in [0.5, 0.6) is 0 Å². The number of hydrogen-bond acceptors (Lipinski definition) is 7. The van der Waals surface area contributed by atoms with Crippen molar-refractivity contribution in [2.24, 2.45) is 0 Å². The summed E-state index contributed by atoms with van der Waals surface area (Å²) in [4.78, 5) is 9.24. The number of thiophene rings is 1. The van der Waals surface area contributed by atoms with E-state index in [0.717, 1.165) is 38.2 Å². The SMILES string of the molecule is CC[C@H]1CN(Cc2nc(-c3ccsc3)no2)CCN1C[C@H](C)O. The molecule has 2 atom stereocenters. The maximum atomic E-state index is 9.62. The Morgan fingerprint density at radius 3 is 3.04 bits per heavy atom. The van der Waals surface area contributed by atoms with Crippen molar-refractivity contribution in [1.82, 2.24) is 19.9 Å². The second-order valence-electron chi connectivity index (χ2n) is 6.16. The molecule has 0 unspecified atom stereocenters. The Balaban J connectivity index is 1.59. The molecular weight excluding hydrogens is 312 g/mol. The Kier molecular flexibility index (Phi) is 5.42. The minimum Gasteiger partial charge on any atom is -0.392 e. The number of aliphatic hydroxyl groups is 1. The quantitative estimate of drug-likeness (QED) is 0.871. The van der Waals surface area contributed by atoms with Gasteiger partial charge in [-0.2, -0.15) is 16.3 Å². The van der Waals surface area contributed by atoms with Crippen LogP contribution in [-0.4, -0.2) is 63.4 Å². The summed E-state index contributed by atoms with van der Waals surface area (Å²) in [5.74, 6) is 1.34. The van der Waals surface area contributed by atoms with Gasteiger partial charge in [0, 0.05) is 43.2 Å². The summed E-state index contributed by atoms with van der Waals surface area (Å²) in [7, 11) is 0. The minimum atomic E-state index is -0.278. The fourth-order valence-electron chi connectivity index (χ4n) is 3.09. The molecule has 0 aromatic carbocycles. The zero-order valence-corrected chi connectivity index (χ0v) is 14.5. The molecule has 6 nitrogen and oxygen atoms in total. The van der Waals surface area contributed by atoms with Crippen molar-refractivity contribution in [1.29, 1.82) is 0 Å². The summed E-state index contributed by atoms with van der Waals surface area (Å²) in [6.07, 6.45) is 0.799. The zero-order chi connectivity index (χ0) is 16.2. The number of hydrogen-bond donors (Lipinski definition) is 1. The summed E-state index contributed by atoms with van der Waals surface area (Å²) in [6, 6.07) is 2.47.